The van der Waals surface area contributed by atoms with Gasteiger partial charge >= 0.3 is 0 Å². The molecule has 2 aromatic rings. The Bertz CT molecular complexity index is 717. The normalized spacial score (nSPS) is 14.4. The number of rotatable bonds is 1. The van der Waals surface area contributed by atoms with Gasteiger partial charge in [0, 0.05) is 34.4 Å². The number of phenolic OH excluding ortho intramolecular Hbond substituents is 2. The minimum absolute atomic E-state index is 0.201. The number of hydrogen-bond donors (Lipinski definition) is 2. The molecule has 0 aromatic heterocycles. The molecule has 102 valence electrons. The first-order chi connectivity index (χ1) is 9.69. The zero-order valence-corrected chi connectivity index (χ0v) is 11.1. The Labute approximate surface area is 116 Å². The average molecular weight is 270 g/mol. The fourth-order valence-electron chi connectivity index (χ4n) is 3.27. The van der Waals surface area contributed by atoms with Crippen molar-refractivity contribution in [2.45, 2.75) is 19.4 Å². The SMILES string of the molecule is COc1cc(O)c2c3c1CCc1cc(O)cc(c1-3)OC2. The van der Waals surface area contributed by atoms with Gasteiger partial charge in [-0.05, 0) is 24.5 Å². The highest BCUT2D eigenvalue weighted by Crippen LogP contribution is 2.51. The molecule has 2 aromatic carbocycles. The molecule has 0 unspecified atom stereocenters. The molecule has 4 rings (SSSR count). The van der Waals surface area contributed by atoms with E-state index in [1.54, 1.807) is 25.3 Å². The summed E-state index contributed by atoms with van der Waals surface area (Å²) < 4.78 is 11.1. The van der Waals surface area contributed by atoms with Crippen LogP contribution in [0.1, 0.15) is 16.7 Å². The van der Waals surface area contributed by atoms with Gasteiger partial charge in [0.2, 0.25) is 0 Å². The molecule has 4 heteroatoms. The van der Waals surface area contributed by atoms with Crippen LogP contribution in [0.15, 0.2) is 18.2 Å². The van der Waals surface area contributed by atoms with Crippen LogP contribution in [-0.4, -0.2) is 17.3 Å². The van der Waals surface area contributed by atoms with Gasteiger partial charge in [-0.3, -0.25) is 0 Å². The van der Waals surface area contributed by atoms with Crippen LogP contribution in [-0.2, 0) is 19.4 Å². The van der Waals surface area contributed by atoms with E-state index in [0.717, 1.165) is 40.7 Å². The Balaban J connectivity index is 2.11. The van der Waals surface area contributed by atoms with E-state index in [-0.39, 0.29) is 11.5 Å². The third-order valence-corrected chi connectivity index (χ3v) is 4.13. The average Bonchev–Trinajstić information content (AvgIpc) is 2.45. The maximum absolute atomic E-state index is 10.2. The van der Waals surface area contributed by atoms with E-state index in [9.17, 15) is 10.2 Å². The lowest BCUT2D eigenvalue weighted by Gasteiger charge is -2.30. The Morgan fingerprint density at radius 2 is 1.90 bits per heavy atom. The summed E-state index contributed by atoms with van der Waals surface area (Å²) in [6, 6.07) is 5.07. The molecule has 0 amide bonds. The Hall–Kier alpha value is -2.36. The highest BCUT2D eigenvalue weighted by Gasteiger charge is 2.31. The van der Waals surface area contributed by atoms with Crippen molar-refractivity contribution in [1.29, 1.82) is 0 Å². The monoisotopic (exact) mass is 270 g/mol. The van der Waals surface area contributed by atoms with Gasteiger partial charge in [-0.25, -0.2) is 0 Å². The minimum atomic E-state index is 0.201. The minimum Gasteiger partial charge on any atom is -0.508 e. The maximum Gasteiger partial charge on any atom is 0.131 e. The standard InChI is InChI=1S/C16H14O4/c1-19-13-6-12(18)11-7-20-14-5-9(17)4-8-2-3-10(13)16(11)15(8)14/h4-6,17-18H,2-3,7H2,1H3. The molecule has 1 aliphatic heterocycles. The van der Waals surface area contributed by atoms with Crippen LogP contribution >= 0.6 is 0 Å². The van der Waals surface area contributed by atoms with E-state index in [4.69, 9.17) is 9.47 Å². The molecule has 0 bridgehead atoms. The predicted octanol–water partition coefficient (Wildman–Crippen LogP) is 2.76. The van der Waals surface area contributed by atoms with Gasteiger partial charge in [0.1, 0.15) is 29.6 Å². The van der Waals surface area contributed by atoms with Crippen molar-refractivity contribution >= 4 is 0 Å². The molecule has 2 aliphatic rings. The van der Waals surface area contributed by atoms with Crippen LogP contribution in [0.5, 0.6) is 23.0 Å². The van der Waals surface area contributed by atoms with Gasteiger partial charge in [0.15, 0.2) is 0 Å². The van der Waals surface area contributed by atoms with Gasteiger partial charge in [-0.2, -0.15) is 0 Å². The maximum atomic E-state index is 10.2. The third-order valence-electron chi connectivity index (χ3n) is 4.13. The quantitative estimate of drug-likeness (QED) is 0.836. The smallest absolute Gasteiger partial charge is 0.131 e. The van der Waals surface area contributed by atoms with E-state index >= 15 is 0 Å². The van der Waals surface area contributed by atoms with Crippen molar-refractivity contribution in [3.05, 3.63) is 34.9 Å². The molecule has 20 heavy (non-hydrogen) atoms. The first-order valence-electron chi connectivity index (χ1n) is 6.60. The van der Waals surface area contributed by atoms with Crippen LogP contribution < -0.4 is 9.47 Å². The summed E-state index contributed by atoms with van der Waals surface area (Å²) in [6.45, 7) is 0.314. The fourth-order valence-corrected chi connectivity index (χ4v) is 3.27. The summed E-state index contributed by atoms with van der Waals surface area (Å²) >= 11 is 0. The molecular weight excluding hydrogens is 256 g/mol. The van der Waals surface area contributed by atoms with Crippen LogP contribution in [0.3, 0.4) is 0 Å². The molecule has 0 fully saturated rings. The van der Waals surface area contributed by atoms with Crippen molar-refractivity contribution in [3.8, 4) is 34.1 Å². The highest BCUT2D eigenvalue weighted by molar-refractivity contribution is 5.86. The molecule has 0 spiro atoms. The van der Waals surface area contributed by atoms with Crippen molar-refractivity contribution in [3.63, 3.8) is 0 Å². The molecule has 1 aliphatic carbocycles. The van der Waals surface area contributed by atoms with E-state index in [1.165, 1.54) is 0 Å². The Morgan fingerprint density at radius 3 is 2.70 bits per heavy atom. The van der Waals surface area contributed by atoms with Crippen LogP contribution in [0, 0.1) is 0 Å². The number of methoxy groups -OCH3 is 1. The Morgan fingerprint density at radius 1 is 1.05 bits per heavy atom. The second-order valence-electron chi connectivity index (χ2n) is 5.20. The van der Waals surface area contributed by atoms with Crippen molar-refractivity contribution in [1.82, 2.24) is 0 Å². The van der Waals surface area contributed by atoms with Crippen LogP contribution in [0.25, 0.3) is 11.1 Å². The summed E-state index contributed by atoms with van der Waals surface area (Å²) in [7, 11) is 1.62. The van der Waals surface area contributed by atoms with Crippen molar-refractivity contribution in [2.24, 2.45) is 0 Å². The first kappa shape index (κ1) is 11.5. The van der Waals surface area contributed by atoms with E-state index in [1.807, 2.05) is 0 Å². The van der Waals surface area contributed by atoms with Gasteiger partial charge < -0.3 is 19.7 Å². The van der Waals surface area contributed by atoms with Gasteiger partial charge in [-0.1, -0.05) is 0 Å². The summed E-state index contributed by atoms with van der Waals surface area (Å²) in [5, 5.41) is 19.9. The predicted molar refractivity (Wildman–Crippen MR) is 73.5 cm³/mol. The number of benzene rings is 2. The largest absolute Gasteiger partial charge is 0.508 e. The first-order valence-corrected chi connectivity index (χ1v) is 6.60. The third kappa shape index (κ3) is 1.36. The molecule has 0 saturated carbocycles. The zero-order valence-electron chi connectivity index (χ0n) is 11.1. The molecule has 2 N–H and O–H groups in total. The summed E-state index contributed by atoms with van der Waals surface area (Å²) in [4.78, 5) is 0. The van der Waals surface area contributed by atoms with Crippen molar-refractivity contribution < 1.29 is 19.7 Å². The summed E-state index contributed by atoms with van der Waals surface area (Å²) in [5.74, 6) is 1.82. The van der Waals surface area contributed by atoms with Gasteiger partial charge in [0.25, 0.3) is 0 Å². The molecule has 0 radical (unpaired) electrons. The second-order valence-corrected chi connectivity index (χ2v) is 5.20. The number of aryl methyl sites for hydroxylation is 1. The molecule has 4 nitrogen and oxygen atoms in total. The number of ether oxygens (including phenoxy) is 2. The fraction of sp³-hybridized carbons (Fsp3) is 0.250. The van der Waals surface area contributed by atoms with Gasteiger partial charge in [0.05, 0.1) is 7.11 Å². The zero-order chi connectivity index (χ0) is 13.9. The number of hydrogen-bond acceptors (Lipinski definition) is 4. The van der Waals surface area contributed by atoms with Gasteiger partial charge in [-0.15, -0.1) is 0 Å². The van der Waals surface area contributed by atoms with E-state index < -0.39 is 0 Å². The number of aromatic hydroxyl groups is 2. The summed E-state index contributed by atoms with van der Waals surface area (Å²) in [5.41, 5.74) is 4.98. The van der Waals surface area contributed by atoms with Crippen molar-refractivity contribution in [2.75, 3.05) is 7.11 Å². The lowest BCUT2D eigenvalue weighted by Crippen LogP contribution is -2.15. The highest BCUT2D eigenvalue weighted by atomic mass is 16.5. The van der Waals surface area contributed by atoms with E-state index in [2.05, 4.69) is 0 Å². The molecular formula is C16H14O4. The van der Waals surface area contributed by atoms with E-state index in [0.29, 0.717) is 18.1 Å². The molecule has 0 saturated heterocycles. The van der Waals surface area contributed by atoms with Crippen LogP contribution in [0.4, 0.5) is 0 Å². The second kappa shape index (κ2) is 3.82. The molecule has 1 heterocycles. The lowest BCUT2D eigenvalue weighted by atomic mass is 9.80. The van der Waals surface area contributed by atoms with Crippen LogP contribution in [0.2, 0.25) is 0 Å². The molecule has 0 atom stereocenters. The Kier molecular flexibility index (Phi) is 2.19. The lowest BCUT2D eigenvalue weighted by molar-refractivity contribution is 0.291. The number of phenols is 2. The topological polar surface area (TPSA) is 58.9 Å². The summed E-state index contributed by atoms with van der Waals surface area (Å²) in [6.07, 6.45) is 1.66.